The van der Waals surface area contributed by atoms with Crippen molar-refractivity contribution in [2.45, 2.75) is 13.3 Å². The van der Waals surface area contributed by atoms with Gasteiger partial charge in [-0.1, -0.05) is 20.1 Å². The molecule has 0 aromatic rings. The standard InChI is InChI=1S/C9H11FO2/c1-4-8(7(3)10)5-6(2)9(11)12/h5H,2-4H2,1H3,(H,11,12)/b8-5-. The Hall–Kier alpha value is -1.38. The molecule has 12 heavy (non-hydrogen) atoms. The number of carbonyl (C=O) groups is 1. The maximum absolute atomic E-state index is 12.5. The Morgan fingerprint density at radius 3 is 2.33 bits per heavy atom. The fraction of sp³-hybridized carbons (Fsp3) is 0.222. The quantitative estimate of drug-likeness (QED) is 0.519. The van der Waals surface area contributed by atoms with E-state index in [9.17, 15) is 9.18 Å². The molecule has 1 N–H and O–H groups in total. The van der Waals surface area contributed by atoms with Gasteiger partial charge in [0.1, 0.15) is 5.83 Å². The summed E-state index contributed by atoms with van der Waals surface area (Å²) in [4.78, 5) is 10.3. The van der Waals surface area contributed by atoms with Crippen LogP contribution in [-0.4, -0.2) is 11.1 Å². The molecular weight excluding hydrogens is 159 g/mol. The number of halogens is 1. The molecule has 0 fully saturated rings. The maximum atomic E-state index is 12.5. The molecule has 2 nitrogen and oxygen atoms in total. The zero-order valence-electron chi connectivity index (χ0n) is 6.93. The highest BCUT2D eigenvalue weighted by atomic mass is 19.1. The lowest BCUT2D eigenvalue weighted by Crippen LogP contribution is -1.96. The van der Waals surface area contributed by atoms with E-state index in [0.29, 0.717) is 6.42 Å². The van der Waals surface area contributed by atoms with Crippen LogP contribution in [0.4, 0.5) is 4.39 Å². The summed E-state index contributed by atoms with van der Waals surface area (Å²) in [6.07, 6.45) is 1.59. The molecule has 0 aliphatic carbocycles. The zero-order valence-corrected chi connectivity index (χ0v) is 6.93. The average Bonchev–Trinajstić information content (AvgIpc) is 1.98. The van der Waals surface area contributed by atoms with Crippen molar-refractivity contribution in [3.05, 3.63) is 36.2 Å². The number of rotatable bonds is 4. The fourth-order valence-electron chi connectivity index (χ4n) is 0.644. The van der Waals surface area contributed by atoms with Crippen molar-refractivity contribution in [2.75, 3.05) is 0 Å². The SMILES string of the molecule is C=C(/C=C(/CC)C(=C)F)C(=O)O. The average molecular weight is 170 g/mol. The van der Waals surface area contributed by atoms with E-state index >= 15 is 0 Å². The minimum atomic E-state index is -1.15. The first-order valence-electron chi connectivity index (χ1n) is 3.46. The Kier molecular flexibility index (Phi) is 3.97. The van der Waals surface area contributed by atoms with Crippen molar-refractivity contribution >= 4 is 5.97 Å². The van der Waals surface area contributed by atoms with Crippen molar-refractivity contribution < 1.29 is 14.3 Å². The van der Waals surface area contributed by atoms with Gasteiger partial charge in [-0.3, -0.25) is 0 Å². The summed E-state index contributed by atoms with van der Waals surface area (Å²) in [6.45, 7) is 8.02. The van der Waals surface area contributed by atoms with Crippen molar-refractivity contribution in [2.24, 2.45) is 0 Å². The van der Waals surface area contributed by atoms with Crippen LogP contribution in [0, 0.1) is 0 Å². The number of hydrogen-bond acceptors (Lipinski definition) is 1. The number of aliphatic carboxylic acids is 1. The molecule has 0 heterocycles. The minimum absolute atomic E-state index is 0.134. The molecule has 0 bridgehead atoms. The van der Waals surface area contributed by atoms with E-state index in [4.69, 9.17) is 5.11 Å². The Morgan fingerprint density at radius 2 is 2.08 bits per heavy atom. The van der Waals surface area contributed by atoms with E-state index in [1.54, 1.807) is 6.92 Å². The molecule has 0 saturated carbocycles. The molecule has 0 spiro atoms. The van der Waals surface area contributed by atoms with Gasteiger partial charge >= 0.3 is 5.97 Å². The smallest absolute Gasteiger partial charge is 0.335 e. The highest BCUT2D eigenvalue weighted by Crippen LogP contribution is 2.14. The third-order valence-corrected chi connectivity index (χ3v) is 1.35. The summed E-state index contributed by atoms with van der Waals surface area (Å²) in [5, 5.41) is 8.41. The molecule has 0 aliphatic rings. The van der Waals surface area contributed by atoms with Gasteiger partial charge in [0.15, 0.2) is 0 Å². The van der Waals surface area contributed by atoms with Gasteiger partial charge in [0, 0.05) is 0 Å². The van der Waals surface area contributed by atoms with Gasteiger partial charge in [-0.2, -0.15) is 0 Å². The monoisotopic (exact) mass is 170 g/mol. The number of carboxylic acids is 1. The summed E-state index contributed by atoms with van der Waals surface area (Å²) >= 11 is 0. The van der Waals surface area contributed by atoms with Crippen LogP contribution < -0.4 is 0 Å². The highest BCUT2D eigenvalue weighted by Gasteiger charge is 2.04. The second-order valence-electron chi connectivity index (χ2n) is 2.26. The highest BCUT2D eigenvalue weighted by molar-refractivity contribution is 5.89. The van der Waals surface area contributed by atoms with E-state index in [-0.39, 0.29) is 11.1 Å². The summed E-state index contributed by atoms with van der Waals surface area (Å²) in [5.74, 6) is -1.76. The maximum Gasteiger partial charge on any atom is 0.335 e. The van der Waals surface area contributed by atoms with E-state index in [1.165, 1.54) is 6.08 Å². The molecule has 0 saturated heterocycles. The Morgan fingerprint density at radius 1 is 1.58 bits per heavy atom. The lowest BCUT2D eigenvalue weighted by Gasteiger charge is -1.99. The van der Waals surface area contributed by atoms with E-state index in [2.05, 4.69) is 13.2 Å². The molecular formula is C9H11FO2. The van der Waals surface area contributed by atoms with E-state index in [1.807, 2.05) is 0 Å². The largest absolute Gasteiger partial charge is 0.478 e. The first kappa shape index (κ1) is 10.6. The second kappa shape index (κ2) is 4.49. The second-order valence-corrected chi connectivity index (χ2v) is 2.26. The molecule has 3 heteroatoms. The topological polar surface area (TPSA) is 37.3 Å². The predicted octanol–water partition coefficient (Wildman–Crippen LogP) is 2.45. The fourth-order valence-corrected chi connectivity index (χ4v) is 0.644. The lowest BCUT2D eigenvalue weighted by molar-refractivity contribution is -0.132. The van der Waals surface area contributed by atoms with Crippen LogP contribution >= 0.6 is 0 Å². The normalized spacial score (nSPS) is 11.0. The number of allylic oxidation sites excluding steroid dienone is 2. The van der Waals surface area contributed by atoms with Crippen LogP contribution in [0.15, 0.2) is 36.2 Å². The van der Waals surface area contributed by atoms with Gasteiger partial charge in [0.25, 0.3) is 0 Å². The molecule has 0 aliphatic heterocycles. The molecule has 0 aromatic heterocycles. The minimum Gasteiger partial charge on any atom is -0.478 e. The molecule has 0 rings (SSSR count). The Balaban J connectivity index is 4.61. The molecule has 0 atom stereocenters. The summed E-state index contributed by atoms with van der Waals surface area (Å²) < 4.78 is 12.5. The van der Waals surface area contributed by atoms with Gasteiger partial charge in [-0.15, -0.1) is 0 Å². The first-order valence-corrected chi connectivity index (χ1v) is 3.46. The van der Waals surface area contributed by atoms with Gasteiger partial charge in [-0.25, -0.2) is 9.18 Å². The van der Waals surface area contributed by atoms with Crippen molar-refractivity contribution in [1.82, 2.24) is 0 Å². The molecule has 0 unspecified atom stereocenters. The van der Waals surface area contributed by atoms with Gasteiger partial charge in [-0.05, 0) is 18.1 Å². The Bertz CT molecular complexity index is 251. The van der Waals surface area contributed by atoms with E-state index < -0.39 is 11.8 Å². The van der Waals surface area contributed by atoms with Gasteiger partial charge in [0.05, 0.1) is 5.57 Å². The van der Waals surface area contributed by atoms with Gasteiger partial charge in [0.2, 0.25) is 0 Å². The van der Waals surface area contributed by atoms with Crippen molar-refractivity contribution in [1.29, 1.82) is 0 Å². The third kappa shape index (κ3) is 3.14. The van der Waals surface area contributed by atoms with Crippen LogP contribution in [-0.2, 0) is 4.79 Å². The zero-order chi connectivity index (χ0) is 9.72. The van der Waals surface area contributed by atoms with Crippen molar-refractivity contribution in [3.63, 3.8) is 0 Å². The van der Waals surface area contributed by atoms with Gasteiger partial charge < -0.3 is 5.11 Å². The van der Waals surface area contributed by atoms with E-state index in [0.717, 1.165) is 0 Å². The summed E-state index contributed by atoms with van der Waals surface area (Å²) in [5.41, 5.74) is 0.132. The summed E-state index contributed by atoms with van der Waals surface area (Å²) in [6, 6.07) is 0. The Labute approximate surface area is 70.7 Å². The first-order chi connectivity index (χ1) is 5.49. The molecule has 0 amide bonds. The number of hydrogen-bond donors (Lipinski definition) is 1. The van der Waals surface area contributed by atoms with Crippen LogP contribution in [0.5, 0.6) is 0 Å². The number of carboxylic acid groups (broad SMARTS) is 1. The van der Waals surface area contributed by atoms with Crippen LogP contribution in [0.3, 0.4) is 0 Å². The third-order valence-electron chi connectivity index (χ3n) is 1.35. The van der Waals surface area contributed by atoms with Crippen LogP contribution in [0.2, 0.25) is 0 Å². The molecule has 0 aromatic carbocycles. The van der Waals surface area contributed by atoms with Crippen molar-refractivity contribution in [3.8, 4) is 0 Å². The predicted molar refractivity (Wildman–Crippen MR) is 45.4 cm³/mol. The van der Waals surface area contributed by atoms with Crippen LogP contribution in [0.25, 0.3) is 0 Å². The molecule has 66 valence electrons. The van der Waals surface area contributed by atoms with Crippen LogP contribution in [0.1, 0.15) is 13.3 Å². The summed E-state index contributed by atoms with van der Waals surface area (Å²) in [7, 11) is 0. The lowest BCUT2D eigenvalue weighted by atomic mass is 10.1. The molecule has 0 radical (unpaired) electrons.